The molecule has 0 unspecified atom stereocenters. The number of esters is 1. The number of nitrogen functional groups attached to an aromatic ring is 1. The van der Waals surface area contributed by atoms with Crippen molar-refractivity contribution in [2.45, 2.75) is 33.3 Å². The van der Waals surface area contributed by atoms with E-state index in [0.29, 0.717) is 12.2 Å². The number of nitrogens with zero attached hydrogens (tertiary/aromatic N) is 4. The van der Waals surface area contributed by atoms with Crippen molar-refractivity contribution in [2.75, 3.05) is 5.73 Å². The van der Waals surface area contributed by atoms with Crippen LogP contribution in [0.5, 0.6) is 0 Å². The molecule has 2 aromatic carbocycles. The van der Waals surface area contributed by atoms with E-state index >= 15 is 0 Å². The fourth-order valence-electron chi connectivity index (χ4n) is 3.47. The van der Waals surface area contributed by atoms with Crippen LogP contribution in [-0.4, -0.2) is 25.6 Å². The molecule has 2 N–H and O–H groups in total. The number of anilines is 1. The van der Waals surface area contributed by atoms with Crippen molar-refractivity contribution in [3.05, 3.63) is 77.1 Å². The van der Waals surface area contributed by atoms with Crippen LogP contribution in [0.1, 0.15) is 28.9 Å². The Morgan fingerprint density at radius 3 is 2.43 bits per heavy atom. The second-order valence-electron chi connectivity index (χ2n) is 7.17. The molecule has 7 heteroatoms. The molecular weight excluding hydrogens is 378 g/mol. The van der Waals surface area contributed by atoms with Crippen LogP contribution in [0.2, 0.25) is 0 Å². The maximum Gasteiger partial charge on any atom is 0.306 e. The highest BCUT2D eigenvalue weighted by molar-refractivity contribution is 5.70. The largest absolute Gasteiger partial charge is 0.461 e. The van der Waals surface area contributed by atoms with Gasteiger partial charge >= 0.3 is 5.97 Å². The van der Waals surface area contributed by atoms with E-state index in [-0.39, 0.29) is 24.9 Å². The van der Waals surface area contributed by atoms with Crippen molar-refractivity contribution >= 4 is 17.7 Å². The molecule has 0 aliphatic heterocycles. The molecule has 2 heterocycles. The lowest BCUT2D eigenvalue weighted by atomic mass is 10.0. The minimum absolute atomic E-state index is 0.180. The van der Waals surface area contributed by atoms with Crippen LogP contribution in [0.4, 0.5) is 5.95 Å². The third-order valence-corrected chi connectivity index (χ3v) is 5.11. The number of aromatic nitrogens is 4. The van der Waals surface area contributed by atoms with Crippen LogP contribution in [0.25, 0.3) is 16.9 Å². The van der Waals surface area contributed by atoms with Gasteiger partial charge in [0, 0.05) is 17.8 Å². The molecule has 0 saturated carbocycles. The Morgan fingerprint density at radius 1 is 1.00 bits per heavy atom. The summed E-state index contributed by atoms with van der Waals surface area (Å²) in [5, 5.41) is 4.15. The Bertz CT molecular complexity index is 1180. The number of nitrogens with two attached hydrogens (primary N) is 1. The molecule has 0 aliphatic carbocycles. The number of aryl methyl sites for hydroxylation is 2. The number of hydrogen-bond acceptors (Lipinski definition) is 6. The molecule has 0 fully saturated rings. The molecule has 0 amide bonds. The number of fused-ring (bicyclic) bond motifs is 1. The monoisotopic (exact) mass is 401 g/mol. The first-order valence-corrected chi connectivity index (χ1v) is 9.79. The summed E-state index contributed by atoms with van der Waals surface area (Å²) in [4.78, 5) is 20.8. The minimum Gasteiger partial charge on any atom is -0.461 e. The molecule has 0 atom stereocenters. The Balaban J connectivity index is 1.35. The average molecular weight is 401 g/mol. The van der Waals surface area contributed by atoms with Gasteiger partial charge in [-0.2, -0.15) is 9.50 Å². The highest BCUT2D eigenvalue weighted by Gasteiger charge is 2.14. The zero-order chi connectivity index (χ0) is 21.1. The lowest BCUT2D eigenvalue weighted by Gasteiger charge is -2.10. The van der Waals surface area contributed by atoms with E-state index in [1.54, 1.807) is 4.52 Å². The molecule has 4 aromatic rings. The summed E-state index contributed by atoms with van der Waals surface area (Å²) >= 11 is 0. The predicted molar refractivity (Wildman–Crippen MR) is 115 cm³/mol. The predicted octanol–water partition coefficient (Wildman–Crippen LogP) is 3.67. The Hall–Kier alpha value is -3.74. The summed E-state index contributed by atoms with van der Waals surface area (Å²) in [6, 6.07) is 18.2. The van der Waals surface area contributed by atoms with Gasteiger partial charge in [0.05, 0.1) is 0 Å². The van der Waals surface area contributed by atoms with E-state index in [1.165, 1.54) is 0 Å². The molecule has 0 radical (unpaired) electrons. The van der Waals surface area contributed by atoms with E-state index in [0.717, 1.165) is 33.6 Å². The Labute approximate surface area is 174 Å². The molecule has 0 saturated heterocycles. The van der Waals surface area contributed by atoms with Crippen LogP contribution < -0.4 is 5.73 Å². The standard InChI is InChI=1S/C23H23N5O2/c1-15-20(16(2)28-23(25-15)26-22(24)27-28)12-13-21(29)30-14-17-8-10-19(11-9-17)18-6-4-3-5-7-18/h3-11H,12-14H2,1-2H3,(H2,24,27). The van der Waals surface area contributed by atoms with Crippen molar-refractivity contribution < 1.29 is 9.53 Å². The molecule has 2 aromatic heterocycles. The van der Waals surface area contributed by atoms with E-state index in [2.05, 4.69) is 27.2 Å². The number of hydrogen-bond donors (Lipinski definition) is 1. The zero-order valence-corrected chi connectivity index (χ0v) is 17.0. The van der Waals surface area contributed by atoms with Gasteiger partial charge in [-0.25, -0.2) is 4.98 Å². The topological polar surface area (TPSA) is 95.4 Å². The first-order valence-electron chi connectivity index (χ1n) is 9.79. The van der Waals surface area contributed by atoms with Crippen LogP contribution in [0.15, 0.2) is 54.6 Å². The fraction of sp³-hybridized carbons (Fsp3) is 0.217. The Kier molecular flexibility index (Phi) is 5.43. The third-order valence-electron chi connectivity index (χ3n) is 5.11. The van der Waals surface area contributed by atoms with E-state index in [9.17, 15) is 4.79 Å². The van der Waals surface area contributed by atoms with Gasteiger partial charge in [0.25, 0.3) is 5.78 Å². The maximum atomic E-state index is 12.3. The van der Waals surface area contributed by atoms with Crippen LogP contribution in [-0.2, 0) is 22.6 Å². The fourth-order valence-corrected chi connectivity index (χ4v) is 3.47. The second-order valence-corrected chi connectivity index (χ2v) is 7.17. The smallest absolute Gasteiger partial charge is 0.306 e. The van der Waals surface area contributed by atoms with E-state index in [4.69, 9.17) is 10.5 Å². The zero-order valence-electron chi connectivity index (χ0n) is 17.0. The molecule has 0 bridgehead atoms. The summed E-state index contributed by atoms with van der Waals surface area (Å²) < 4.78 is 7.06. The number of benzene rings is 2. The highest BCUT2D eigenvalue weighted by atomic mass is 16.5. The van der Waals surface area contributed by atoms with Gasteiger partial charge in [-0.1, -0.05) is 54.6 Å². The molecular formula is C23H23N5O2. The number of ether oxygens (including phenoxy) is 1. The van der Waals surface area contributed by atoms with Crippen molar-refractivity contribution in [1.29, 1.82) is 0 Å². The minimum atomic E-state index is -0.251. The number of carbonyl (C=O) groups is 1. The lowest BCUT2D eigenvalue weighted by Crippen LogP contribution is -2.10. The SMILES string of the molecule is Cc1nc2nc(N)nn2c(C)c1CCC(=O)OCc1ccc(-c2ccccc2)cc1. The summed E-state index contributed by atoms with van der Waals surface area (Å²) in [6.07, 6.45) is 0.785. The van der Waals surface area contributed by atoms with Crippen molar-refractivity contribution in [3.8, 4) is 11.1 Å². The number of rotatable bonds is 6. The normalized spacial score (nSPS) is 11.0. The Morgan fingerprint density at radius 2 is 1.70 bits per heavy atom. The summed E-state index contributed by atoms with van der Waals surface area (Å²) in [5.41, 5.74) is 11.6. The lowest BCUT2D eigenvalue weighted by molar-refractivity contribution is -0.144. The van der Waals surface area contributed by atoms with Crippen molar-refractivity contribution in [2.24, 2.45) is 0 Å². The van der Waals surface area contributed by atoms with Gasteiger partial charge in [-0.05, 0) is 42.5 Å². The van der Waals surface area contributed by atoms with Crippen molar-refractivity contribution in [3.63, 3.8) is 0 Å². The van der Waals surface area contributed by atoms with Crippen LogP contribution >= 0.6 is 0 Å². The summed E-state index contributed by atoms with van der Waals surface area (Å²) in [6.45, 7) is 4.07. The van der Waals surface area contributed by atoms with E-state index in [1.807, 2.05) is 56.3 Å². The van der Waals surface area contributed by atoms with Gasteiger partial charge in [0.15, 0.2) is 0 Å². The van der Waals surface area contributed by atoms with Crippen LogP contribution in [0, 0.1) is 13.8 Å². The first-order chi connectivity index (χ1) is 14.5. The third kappa shape index (κ3) is 4.15. The maximum absolute atomic E-state index is 12.3. The molecule has 4 rings (SSSR count). The molecule has 0 spiro atoms. The molecule has 152 valence electrons. The number of carbonyl (C=O) groups excluding carboxylic acids is 1. The van der Waals surface area contributed by atoms with E-state index < -0.39 is 0 Å². The van der Waals surface area contributed by atoms with Gasteiger partial charge in [0.2, 0.25) is 5.95 Å². The second kappa shape index (κ2) is 8.32. The van der Waals surface area contributed by atoms with Crippen molar-refractivity contribution in [1.82, 2.24) is 19.6 Å². The summed E-state index contributed by atoms with van der Waals surface area (Å²) in [5.74, 6) is 0.395. The molecule has 7 nitrogen and oxygen atoms in total. The highest BCUT2D eigenvalue weighted by Crippen LogP contribution is 2.20. The summed E-state index contributed by atoms with van der Waals surface area (Å²) in [7, 11) is 0. The first kappa shape index (κ1) is 19.6. The van der Waals surface area contributed by atoms with Gasteiger partial charge < -0.3 is 10.5 Å². The van der Waals surface area contributed by atoms with Gasteiger partial charge in [-0.15, -0.1) is 5.10 Å². The average Bonchev–Trinajstić information content (AvgIpc) is 3.13. The molecule has 0 aliphatic rings. The molecule has 30 heavy (non-hydrogen) atoms. The van der Waals surface area contributed by atoms with Gasteiger partial charge in [0.1, 0.15) is 6.61 Å². The van der Waals surface area contributed by atoms with Crippen LogP contribution in [0.3, 0.4) is 0 Å². The quantitative estimate of drug-likeness (QED) is 0.495. The van der Waals surface area contributed by atoms with Gasteiger partial charge in [-0.3, -0.25) is 4.79 Å².